The number of anilines is 5. The lowest BCUT2D eigenvalue weighted by molar-refractivity contribution is -0.384. The average Bonchev–Trinajstić information content (AvgIpc) is 1.34. The number of benzene rings is 3. The number of hydrogen-bond acceptors (Lipinski definition) is 18. The maximum atomic E-state index is 14.9. The summed E-state index contributed by atoms with van der Waals surface area (Å²) < 4.78 is 55.5. The fraction of sp³-hybridized carbons (Fsp3) is 0.492. The fourth-order valence-electron chi connectivity index (χ4n) is 15.1. The van der Waals surface area contributed by atoms with Gasteiger partial charge in [-0.2, -0.15) is 4.98 Å². The molecule has 2 aliphatic carbocycles. The molecule has 6 fully saturated rings. The zero-order chi connectivity index (χ0) is 59.8. The molecule has 14 rings (SSSR count). The number of nitro groups is 1. The molecule has 0 radical (unpaired) electrons. The number of aromatic amines is 1. The summed E-state index contributed by atoms with van der Waals surface area (Å²) in [5.41, 5.74) is 6.73. The van der Waals surface area contributed by atoms with Crippen LogP contribution in [0.15, 0.2) is 101 Å². The summed E-state index contributed by atoms with van der Waals surface area (Å²) in [6.07, 6.45) is 11.0. The Balaban J connectivity index is 0.704. The SMILES string of the molecule is Cc1cc2c(CN3CCN(C4CC5(CCN(c6ccc(C(=O)NS(=O)(=O)c7ccc(NC[C@H]8CC[C@](C)(O)CC8)c([N+](=O)[O-])c7)c(N7c8cc9cc[nH]c9nc8O[C@H]8COCC[C@@H]87)c6)CC5)C4)[C@H](c4ccccc4C)C3)cnc(N3CCOCC3)c2o1. The summed E-state index contributed by atoms with van der Waals surface area (Å²) in [6, 6.07) is 24.6. The predicted molar refractivity (Wildman–Crippen MR) is 332 cm³/mol. The van der Waals surface area contributed by atoms with Gasteiger partial charge in [0.2, 0.25) is 5.88 Å². The van der Waals surface area contributed by atoms with E-state index in [0.29, 0.717) is 81.2 Å². The van der Waals surface area contributed by atoms with E-state index in [9.17, 15) is 28.4 Å². The summed E-state index contributed by atoms with van der Waals surface area (Å²) >= 11 is 0. The average molecular weight is 1200 g/mol. The fourth-order valence-corrected chi connectivity index (χ4v) is 16.1. The smallest absolute Gasteiger partial charge is 0.293 e. The second-order valence-electron chi connectivity index (χ2n) is 25.8. The lowest BCUT2D eigenvalue weighted by Crippen LogP contribution is -2.59. The number of aliphatic hydroxyl groups is 1. The molecule has 21 nitrogen and oxygen atoms in total. The largest absolute Gasteiger partial charge is 0.468 e. The van der Waals surface area contributed by atoms with E-state index in [0.717, 1.165) is 131 Å². The minimum atomic E-state index is -4.65. The van der Waals surface area contributed by atoms with Crippen LogP contribution < -0.4 is 29.5 Å². The number of aryl methyl sites for hydroxylation is 2. The van der Waals surface area contributed by atoms with Crippen molar-refractivity contribution in [3.05, 3.63) is 129 Å². The summed E-state index contributed by atoms with van der Waals surface area (Å²) in [5.74, 6) is 1.45. The van der Waals surface area contributed by atoms with Gasteiger partial charge in [0.15, 0.2) is 11.4 Å². The minimum absolute atomic E-state index is 0.107. The van der Waals surface area contributed by atoms with Gasteiger partial charge in [0, 0.05) is 113 Å². The van der Waals surface area contributed by atoms with Crippen LogP contribution in [0.25, 0.3) is 22.0 Å². The number of carbonyl (C=O) groups is 1. The third-order valence-electron chi connectivity index (χ3n) is 20.1. The number of morpholine rings is 1. The first-order valence-corrected chi connectivity index (χ1v) is 32.5. The van der Waals surface area contributed by atoms with Crippen molar-refractivity contribution in [1.29, 1.82) is 0 Å². The van der Waals surface area contributed by atoms with Gasteiger partial charge in [-0.25, -0.2) is 18.1 Å². The quantitative estimate of drug-likeness (QED) is 0.0586. The van der Waals surface area contributed by atoms with Crippen LogP contribution in [0, 0.1) is 35.3 Å². The summed E-state index contributed by atoms with van der Waals surface area (Å²) in [7, 11) is -4.65. The van der Waals surface area contributed by atoms with E-state index in [4.69, 9.17) is 28.6 Å². The Labute approximate surface area is 506 Å². The van der Waals surface area contributed by atoms with Gasteiger partial charge in [-0.3, -0.25) is 24.7 Å². The number of piperazine rings is 1. The number of hydrogen-bond donors (Lipinski definition) is 4. The number of nitrogens with zero attached hydrogens (tertiary/aromatic N) is 8. The Bertz CT molecular complexity index is 3860. The molecule has 0 bridgehead atoms. The number of H-pyrrole nitrogens is 1. The summed E-state index contributed by atoms with van der Waals surface area (Å²) in [5, 5.41) is 28.1. The lowest BCUT2D eigenvalue weighted by atomic mass is 9.59. The third-order valence-corrected chi connectivity index (χ3v) is 21.4. The number of amides is 1. The van der Waals surface area contributed by atoms with Gasteiger partial charge in [0.1, 0.15) is 28.9 Å². The molecule has 3 aromatic carbocycles. The second kappa shape index (κ2) is 23.0. The molecule has 4 N–H and O–H groups in total. The number of nitro benzene ring substituents is 1. The van der Waals surface area contributed by atoms with E-state index in [1.165, 1.54) is 28.8 Å². The first kappa shape index (κ1) is 57.4. The monoisotopic (exact) mass is 1200 g/mol. The van der Waals surface area contributed by atoms with Crippen molar-refractivity contribution < 1.29 is 41.9 Å². The highest BCUT2D eigenvalue weighted by atomic mass is 32.2. The van der Waals surface area contributed by atoms with Gasteiger partial charge in [-0.05, 0) is 155 Å². The number of nitrogens with one attached hydrogen (secondary N) is 3. The van der Waals surface area contributed by atoms with Crippen molar-refractivity contribution in [3.63, 3.8) is 0 Å². The maximum absolute atomic E-state index is 14.9. The van der Waals surface area contributed by atoms with E-state index in [2.05, 4.69) is 83.0 Å². The number of carbonyl (C=O) groups excluding carboxylic acids is 1. The Morgan fingerprint density at radius 2 is 1.69 bits per heavy atom. The van der Waals surface area contributed by atoms with Gasteiger partial charge in [0.05, 0.1) is 52.5 Å². The highest BCUT2D eigenvalue weighted by Gasteiger charge is 2.50. The highest BCUT2D eigenvalue weighted by molar-refractivity contribution is 7.90. The van der Waals surface area contributed by atoms with E-state index in [1.807, 2.05) is 44.3 Å². The Morgan fingerprint density at radius 1 is 0.885 bits per heavy atom. The van der Waals surface area contributed by atoms with E-state index < -0.39 is 43.1 Å². The normalized spacial score (nSPS) is 24.6. The Hall–Kier alpha value is -7.34. The molecule has 3 atom stereocenters. The second-order valence-corrected chi connectivity index (χ2v) is 27.5. The molecule has 1 spiro atoms. The van der Waals surface area contributed by atoms with Crippen LogP contribution in [-0.4, -0.2) is 152 Å². The molecule has 4 saturated heterocycles. The van der Waals surface area contributed by atoms with Crippen LogP contribution in [0.3, 0.4) is 0 Å². The maximum Gasteiger partial charge on any atom is 0.293 e. The molecular formula is C65H77N11O10S. The zero-order valence-corrected chi connectivity index (χ0v) is 50.5. The molecule has 5 aliphatic heterocycles. The predicted octanol–water partition coefficient (Wildman–Crippen LogP) is 9.53. The van der Waals surface area contributed by atoms with E-state index >= 15 is 0 Å². The third kappa shape index (κ3) is 11.3. The van der Waals surface area contributed by atoms with Gasteiger partial charge in [-0.15, -0.1) is 0 Å². The highest BCUT2D eigenvalue weighted by Crippen LogP contribution is 2.54. The van der Waals surface area contributed by atoms with Crippen molar-refractivity contribution in [2.75, 3.05) is 98.8 Å². The minimum Gasteiger partial charge on any atom is -0.468 e. The number of piperidine rings is 1. The molecular weight excluding hydrogens is 1130 g/mol. The zero-order valence-electron chi connectivity index (χ0n) is 49.7. The molecule has 9 heterocycles. The molecule has 7 aromatic rings. The topological polar surface area (TPSA) is 237 Å². The first-order chi connectivity index (χ1) is 42.0. The Kier molecular flexibility index (Phi) is 15.2. The van der Waals surface area contributed by atoms with Crippen LogP contribution in [0.1, 0.15) is 104 Å². The number of fused-ring (bicyclic) bond motifs is 4. The molecule has 4 aromatic heterocycles. The summed E-state index contributed by atoms with van der Waals surface area (Å²) in [6.45, 7) is 15.4. The van der Waals surface area contributed by atoms with Gasteiger partial charge in [-0.1, -0.05) is 24.3 Å². The van der Waals surface area contributed by atoms with Crippen LogP contribution in [0.5, 0.6) is 5.88 Å². The number of aromatic nitrogens is 3. The molecule has 458 valence electrons. The first-order valence-electron chi connectivity index (χ1n) is 31.0. The molecule has 22 heteroatoms. The van der Waals surface area contributed by atoms with Crippen molar-refractivity contribution in [2.45, 2.75) is 120 Å². The van der Waals surface area contributed by atoms with Gasteiger partial charge >= 0.3 is 0 Å². The molecule has 87 heavy (non-hydrogen) atoms. The lowest BCUT2D eigenvalue weighted by Gasteiger charge is -2.58. The van der Waals surface area contributed by atoms with E-state index in [1.54, 1.807) is 6.07 Å². The van der Waals surface area contributed by atoms with Crippen molar-refractivity contribution in [1.82, 2.24) is 29.5 Å². The number of sulfonamides is 1. The summed E-state index contributed by atoms with van der Waals surface area (Å²) in [4.78, 5) is 51.5. The van der Waals surface area contributed by atoms with Crippen LogP contribution >= 0.6 is 0 Å². The van der Waals surface area contributed by atoms with Crippen molar-refractivity contribution in [2.24, 2.45) is 11.3 Å². The van der Waals surface area contributed by atoms with Gasteiger partial charge < -0.3 is 48.7 Å². The standard InChI is InChI=1S/C65H77N11O10S/c1-41-6-4-5-7-49(41)57-39-71(38-45-37-68-61(73-25-28-83-29-26-73)59-51(45)30-42(2)85-59)23-24-74(57)47-34-65(35-47)18-21-72(22-19-65)46-8-10-50(54(32-46)75-53-15-27-84-40-58(53)86-63-56(75)31-44-14-20-66-60(44)69-63)62(77)70-87(81,82)48-9-11-52(55(33-48)76(79)80)67-36-43-12-16-64(3,78)17-13-43/h4-11,14,20,30-33,37,43,47,53,57-58,67,78H,12-13,15-19,21-29,34-36,38-40H2,1-3H3,(H,66,69)(H,70,77)/t43-,53-,57-,58-,64-/m0/s1. The molecule has 1 amide bonds. The van der Waals surface area contributed by atoms with Crippen molar-refractivity contribution >= 4 is 72.2 Å². The Morgan fingerprint density at radius 3 is 2.48 bits per heavy atom. The van der Waals surface area contributed by atoms with E-state index in [-0.39, 0.29) is 34.7 Å². The molecule has 2 saturated carbocycles. The van der Waals surface area contributed by atoms with Crippen LogP contribution in [-0.2, 0) is 26.0 Å². The van der Waals surface area contributed by atoms with Gasteiger partial charge in [0.25, 0.3) is 21.6 Å². The van der Waals surface area contributed by atoms with Crippen LogP contribution in [0.4, 0.5) is 34.3 Å². The van der Waals surface area contributed by atoms with Crippen LogP contribution in [0.2, 0.25) is 0 Å². The molecule has 7 aliphatic rings. The number of furan rings is 1. The number of rotatable bonds is 14. The van der Waals surface area contributed by atoms with Crippen molar-refractivity contribution in [3.8, 4) is 5.88 Å². The molecule has 0 unspecified atom stereocenters. The number of ether oxygens (including phenoxy) is 3. The number of pyridine rings is 2.